The Labute approximate surface area is 240 Å². The predicted molar refractivity (Wildman–Crippen MR) is 163 cm³/mol. The largest absolute Gasteiger partial charge is 0.362 e. The van der Waals surface area contributed by atoms with E-state index in [-0.39, 0.29) is 23.6 Å². The van der Waals surface area contributed by atoms with E-state index < -0.39 is 0 Å². The number of rotatable bonds is 5. The highest BCUT2D eigenvalue weighted by atomic mass is 16.2. The third kappa shape index (κ3) is 4.59. The predicted octanol–water partition coefficient (Wildman–Crippen LogP) is 4.33. The smallest absolute Gasteiger partial charge is 0.354 e. The van der Waals surface area contributed by atoms with Crippen molar-refractivity contribution in [2.75, 3.05) is 36.0 Å². The molecule has 2 aromatic heterocycles. The van der Waals surface area contributed by atoms with Crippen molar-refractivity contribution in [3.8, 4) is 5.69 Å². The maximum absolute atomic E-state index is 14.0. The van der Waals surface area contributed by atoms with Gasteiger partial charge in [-0.25, -0.2) is 4.79 Å². The third-order valence-electron chi connectivity index (χ3n) is 8.58. The Balaban J connectivity index is 1.52. The number of aromatic nitrogens is 4. The fourth-order valence-electron chi connectivity index (χ4n) is 6.43. The van der Waals surface area contributed by atoms with Crippen LogP contribution in [0.1, 0.15) is 49.1 Å². The summed E-state index contributed by atoms with van der Waals surface area (Å²) in [6.07, 6.45) is 3.99. The summed E-state index contributed by atoms with van der Waals surface area (Å²) in [5.74, 6) is 0.927. The van der Waals surface area contributed by atoms with Crippen LogP contribution in [0.3, 0.4) is 0 Å². The van der Waals surface area contributed by atoms with E-state index in [0.29, 0.717) is 32.7 Å². The van der Waals surface area contributed by atoms with Gasteiger partial charge < -0.3 is 14.7 Å². The number of carbonyl (C=O) groups excluding carboxylic acids is 1. The van der Waals surface area contributed by atoms with Gasteiger partial charge in [-0.3, -0.25) is 14.5 Å². The van der Waals surface area contributed by atoms with Crippen LogP contribution in [-0.4, -0.2) is 62.8 Å². The number of aryl methyl sites for hydroxylation is 1. The van der Waals surface area contributed by atoms with Crippen LogP contribution in [0.2, 0.25) is 0 Å². The van der Waals surface area contributed by atoms with E-state index in [1.165, 1.54) is 11.6 Å². The van der Waals surface area contributed by atoms with Gasteiger partial charge in [-0.2, -0.15) is 10.1 Å². The summed E-state index contributed by atoms with van der Waals surface area (Å²) in [7, 11) is 0. The number of nitrogens with zero attached hydrogens (tertiary/aromatic N) is 6. The average Bonchev–Trinajstić information content (AvgIpc) is 3.45. The number of amides is 1. The van der Waals surface area contributed by atoms with Crippen molar-refractivity contribution < 1.29 is 4.79 Å². The fraction of sp³-hybridized carbons (Fsp3) is 0.375. The SMILES string of the molecule is C=CC(=O)N1CCN(c2nc(=O)n(-c3ccccc3C(C)C)c3c2CC(C)N(c2c(C)ccc4[nH]ncc24)C3)CC1. The van der Waals surface area contributed by atoms with Crippen LogP contribution in [0, 0.1) is 6.92 Å². The molecule has 2 aromatic carbocycles. The number of hydrogen-bond acceptors (Lipinski definition) is 6. The Morgan fingerprint density at radius 2 is 1.88 bits per heavy atom. The number of anilines is 2. The lowest BCUT2D eigenvalue weighted by molar-refractivity contribution is -0.126. The summed E-state index contributed by atoms with van der Waals surface area (Å²) in [6, 6.07) is 12.5. The average molecular weight is 552 g/mol. The van der Waals surface area contributed by atoms with Gasteiger partial charge in [-0.1, -0.05) is 44.7 Å². The first-order valence-corrected chi connectivity index (χ1v) is 14.4. The summed E-state index contributed by atoms with van der Waals surface area (Å²) >= 11 is 0. The number of fused-ring (bicyclic) bond motifs is 2. The summed E-state index contributed by atoms with van der Waals surface area (Å²) in [5.41, 5.74) is 7.10. The molecule has 2 aliphatic rings. The van der Waals surface area contributed by atoms with Crippen LogP contribution >= 0.6 is 0 Å². The molecule has 212 valence electrons. The first kappa shape index (κ1) is 26.8. The van der Waals surface area contributed by atoms with Crippen molar-refractivity contribution in [1.29, 1.82) is 0 Å². The van der Waals surface area contributed by atoms with E-state index in [1.54, 1.807) is 4.90 Å². The maximum Gasteiger partial charge on any atom is 0.354 e. The van der Waals surface area contributed by atoms with Crippen LogP contribution in [0.15, 0.2) is 60.0 Å². The van der Waals surface area contributed by atoms with Crippen molar-refractivity contribution in [3.63, 3.8) is 0 Å². The Bertz CT molecular complexity index is 1690. The van der Waals surface area contributed by atoms with Gasteiger partial charge >= 0.3 is 5.69 Å². The molecule has 0 radical (unpaired) electrons. The molecule has 0 saturated carbocycles. The minimum atomic E-state index is -0.274. The van der Waals surface area contributed by atoms with Crippen LogP contribution in [0.4, 0.5) is 11.5 Å². The molecule has 4 heterocycles. The second kappa shape index (κ2) is 10.5. The number of carbonyl (C=O) groups is 1. The summed E-state index contributed by atoms with van der Waals surface area (Å²) in [4.78, 5) is 37.4. The normalized spacial score (nSPS) is 17.3. The molecular weight excluding hydrogens is 514 g/mol. The van der Waals surface area contributed by atoms with Crippen molar-refractivity contribution in [2.24, 2.45) is 0 Å². The summed E-state index contributed by atoms with van der Waals surface area (Å²) in [5, 5.41) is 8.51. The number of para-hydroxylation sites is 1. The molecule has 9 nitrogen and oxygen atoms in total. The Kier molecular flexibility index (Phi) is 6.89. The lowest BCUT2D eigenvalue weighted by Gasteiger charge is -2.41. The molecule has 6 rings (SSSR count). The zero-order chi connectivity index (χ0) is 28.8. The molecule has 41 heavy (non-hydrogen) atoms. The zero-order valence-electron chi connectivity index (χ0n) is 24.2. The number of piperazine rings is 1. The van der Waals surface area contributed by atoms with Crippen molar-refractivity contribution in [1.82, 2.24) is 24.6 Å². The fourth-order valence-corrected chi connectivity index (χ4v) is 6.43. The number of aromatic amines is 1. The van der Waals surface area contributed by atoms with E-state index in [0.717, 1.165) is 51.3 Å². The maximum atomic E-state index is 14.0. The second-order valence-electron chi connectivity index (χ2n) is 11.5. The van der Waals surface area contributed by atoms with Crippen molar-refractivity contribution in [3.05, 3.63) is 88.1 Å². The van der Waals surface area contributed by atoms with Gasteiger partial charge in [0.05, 0.1) is 35.3 Å². The molecule has 0 spiro atoms. The summed E-state index contributed by atoms with van der Waals surface area (Å²) in [6.45, 7) is 15.3. The van der Waals surface area contributed by atoms with Gasteiger partial charge in [0.1, 0.15) is 5.82 Å². The van der Waals surface area contributed by atoms with Crippen LogP contribution < -0.4 is 15.5 Å². The van der Waals surface area contributed by atoms with E-state index >= 15 is 0 Å². The number of benzene rings is 2. The van der Waals surface area contributed by atoms with Crippen LogP contribution in [0.5, 0.6) is 0 Å². The van der Waals surface area contributed by atoms with Gasteiger partial charge in [-0.05, 0) is 55.5 Å². The van der Waals surface area contributed by atoms with Crippen LogP contribution in [-0.2, 0) is 17.8 Å². The van der Waals surface area contributed by atoms with E-state index in [9.17, 15) is 9.59 Å². The highest BCUT2D eigenvalue weighted by molar-refractivity contribution is 5.93. The Morgan fingerprint density at radius 1 is 1.12 bits per heavy atom. The molecule has 1 N–H and O–H groups in total. The molecule has 1 fully saturated rings. The number of H-pyrrole nitrogens is 1. The molecule has 0 bridgehead atoms. The molecule has 1 saturated heterocycles. The van der Waals surface area contributed by atoms with Crippen molar-refractivity contribution in [2.45, 2.75) is 52.6 Å². The first-order valence-electron chi connectivity index (χ1n) is 14.4. The van der Waals surface area contributed by atoms with Gasteiger partial charge in [0, 0.05) is 43.2 Å². The molecule has 1 unspecified atom stereocenters. The van der Waals surface area contributed by atoms with Gasteiger partial charge in [0.15, 0.2) is 0 Å². The van der Waals surface area contributed by atoms with E-state index in [1.807, 2.05) is 29.0 Å². The quantitative estimate of drug-likeness (QED) is 0.372. The van der Waals surface area contributed by atoms with Gasteiger partial charge in [-0.15, -0.1) is 0 Å². The third-order valence-corrected chi connectivity index (χ3v) is 8.58. The number of nitrogens with one attached hydrogen (secondary N) is 1. The molecule has 0 aliphatic carbocycles. The highest BCUT2D eigenvalue weighted by Crippen LogP contribution is 2.38. The minimum absolute atomic E-state index is 0.0617. The van der Waals surface area contributed by atoms with E-state index in [4.69, 9.17) is 4.98 Å². The molecule has 9 heteroatoms. The minimum Gasteiger partial charge on any atom is -0.362 e. The Morgan fingerprint density at radius 3 is 2.61 bits per heavy atom. The standard InChI is InChI=1S/C32H37N7O2/c1-6-29(40)36-13-15-37(16-14-36)31-24-17-22(5)38(30-21(4)11-12-26-25(30)18-33-35-26)19-28(24)39(32(41)34-31)27-10-8-7-9-23(27)20(2)3/h6-12,18,20,22H,1,13-17,19H2,2-5H3,(H,33,35). The lowest BCUT2D eigenvalue weighted by atomic mass is 9.94. The molecule has 1 amide bonds. The van der Waals surface area contributed by atoms with Gasteiger partial charge in [0.2, 0.25) is 5.91 Å². The topological polar surface area (TPSA) is 90.4 Å². The van der Waals surface area contributed by atoms with Crippen molar-refractivity contribution >= 4 is 28.3 Å². The molecular formula is C32H37N7O2. The second-order valence-corrected chi connectivity index (χ2v) is 11.5. The summed E-state index contributed by atoms with van der Waals surface area (Å²) < 4.78 is 1.84. The van der Waals surface area contributed by atoms with Gasteiger partial charge in [0.25, 0.3) is 0 Å². The van der Waals surface area contributed by atoms with E-state index in [2.05, 4.69) is 72.5 Å². The monoisotopic (exact) mass is 551 g/mol. The number of hydrogen-bond donors (Lipinski definition) is 1. The first-order chi connectivity index (χ1) is 19.8. The Hall–Kier alpha value is -4.40. The lowest BCUT2D eigenvalue weighted by Crippen LogP contribution is -2.50. The highest BCUT2D eigenvalue weighted by Gasteiger charge is 2.34. The van der Waals surface area contributed by atoms with Crippen LogP contribution in [0.25, 0.3) is 16.6 Å². The molecule has 2 aliphatic heterocycles. The zero-order valence-corrected chi connectivity index (χ0v) is 24.2. The molecule has 4 aromatic rings. The molecule has 1 atom stereocenters.